The number of carbonyl (C=O) groups excluding carboxylic acids is 1. The van der Waals surface area contributed by atoms with Crippen molar-refractivity contribution in [2.75, 3.05) is 5.32 Å². The molecule has 0 spiro atoms. The van der Waals surface area contributed by atoms with Crippen LogP contribution in [-0.2, 0) is 10.4 Å². The van der Waals surface area contributed by atoms with Gasteiger partial charge in [-0.25, -0.2) is 0 Å². The van der Waals surface area contributed by atoms with E-state index in [1.54, 1.807) is 12.1 Å². The van der Waals surface area contributed by atoms with Gasteiger partial charge in [0.15, 0.2) is 5.60 Å². The number of hydrogen-bond donors (Lipinski definition) is 2. The maximum atomic E-state index is 12.2. The van der Waals surface area contributed by atoms with E-state index in [1.807, 2.05) is 6.92 Å². The smallest absolute Gasteiger partial charge is 0.261 e. The van der Waals surface area contributed by atoms with Crippen molar-refractivity contribution in [2.45, 2.75) is 38.2 Å². The van der Waals surface area contributed by atoms with Gasteiger partial charge in [-0.2, -0.15) is 0 Å². The molecule has 4 heteroatoms. The van der Waals surface area contributed by atoms with Gasteiger partial charge >= 0.3 is 0 Å². The third-order valence-corrected chi connectivity index (χ3v) is 4.46. The monoisotopic (exact) mass is 265 g/mol. The minimum Gasteiger partial charge on any atom is -0.375 e. The van der Waals surface area contributed by atoms with Crippen LogP contribution in [0, 0.1) is 12.8 Å². The fraction of sp³-hybridized carbons (Fsp3) is 0.500. The fourth-order valence-electron chi connectivity index (χ4n) is 3.29. The molecule has 1 saturated carbocycles. The number of aryl methyl sites for hydroxylation is 1. The minimum absolute atomic E-state index is 0.0108. The number of rotatable bonds is 1. The van der Waals surface area contributed by atoms with Gasteiger partial charge in [-0.15, -0.1) is 0 Å². The Morgan fingerprint density at radius 1 is 1.39 bits per heavy atom. The van der Waals surface area contributed by atoms with Crippen molar-refractivity contribution >= 4 is 23.2 Å². The van der Waals surface area contributed by atoms with Crippen molar-refractivity contribution in [3.05, 3.63) is 28.3 Å². The molecule has 1 aliphatic carbocycles. The number of carbonyl (C=O) groups is 1. The van der Waals surface area contributed by atoms with Gasteiger partial charge in [0.05, 0.1) is 5.69 Å². The molecule has 1 aromatic carbocycles. The predicted molar refractivity (Wildman–Crippen MR) is 70.7 cm³/mol. The van der Waals surface area contributed by atoms with Crippen molar-refractivity contribution in [2.24, 2.45) is 5.92 Å². The highest BCUT2D eigenvalue weighted by Crippen LogP contribution is 2.48. The summed E-state index contributed by atoms with van der Waals surface area (Å²) in [6.07, 6.45) is 3.95. The summed E-state index contributed by atoms with van der Waals surface area (Å²) in [5.41, 5.74) is 0.907. The number of fused-ring (bicyclic) bond motifs is 1. The van der Waals surface area contributed by atoms with Crippen LogP contribution < -0.4 is 5.32 Å². The molecule has 96 valence electrons. The minimum atomic E-state index is -1.39. The zero-order valence-electron chi connectivity index (χ0n) is 10.3. The molecular weight excluding hydrogens is 250 g/mol. The second-order valence-corrected chi connectivity index (χ2v) is 5.78. The summed E-state index contributed by atoms with van der Waals surface area (Å²) in [5, 5.41) is 14.3. The Kier molecular flexibility index (Phi) is 2.65. The van der Waals surface area contributed by atoms with E-state index in [-0.39, 0.29) is 11.8 Å². The van der Waals surface area contributed by atoms with Crippen LogP contribution in [0.4, 0.5) is 5.69 Å². The molecule has 1 amide bonds. The van der Waals surface area contributed by atoms with E-state index < -0.39 is 5.60 Å². The summed E-state index contributed by atoms with van der Waals surface area (Å²) >= 11 is 6.06. The van der Waals surface area contributed by atoms with Crippen molar-refractivity contribution in [1.29, 1.82) is 0 Å². The van der Waals surface area contributed by atoms with E-state index in [9.17, 15) is 9.90 Å². The topological polar surface area (TPSA) is 49.3 Å². The third-order valence-electron chi connectivity index (χ3n) is 4.24. The van der Waals surface area contributed by atoms with E-state index in [2.05, 4.69) is 5.32 Å². The first-order chi connectivity index (χ1) is 8.53. The normalized spacial score (nSPS) is 27.4. The Morgan fingerprint density at radius 3 is 2.72 bits per heavy atom. The zero-order valence-corrected chi connectivity index (χ0v) is 11.0. The number of amides is 1. The summed E-state index contributed by atoms with van der Waals surface area (Å²) in [6, 6.07) is 3.53. The van der Waals surface area contributed by atoms with Crippen molar-refractivity contribution in [3.8, 4) is 0 Å². The van der Waals surface area contributed by atoms with Crippen LogP contribution in [0.25, 0.3) is 0 Å². The number of halogens is 1. The summed E-state index contributed by atoms with van der Waals surface area (Å²) in [5.74, 6) is -0.286. The van der Waals surface area contributed by atoms with Crippen LogP contribution in [-0.4, -0.2) is 11.0 Å². The van der Waals surface area contributed by atoms with Gasteiger partial charge < -0.3 is 10.4 Å². The zero-order chi connectivity index (χ0) is 12.9. The molecule has 0 aromatic heterocycles. The summed E-state index contributed by atoms with van der Waals surface area (Å²) in [4.78, 5) is 12.2. The molecule has 0 bridgehead atoms. The van der Waals surface area contributed by atoms with Gasteiger partial charge in [0.1, 0.15) is 0 Å². The Labute approximate surface area is 111 Å². The molecule has 0 saturated heterocycles. The molecule has 1 heterocycles. The molecule has 0 radical (unpaired) electrons. The number of anilines is 1. The maximum Gasteiger partial charge on any atom is 0.261 e. The third kappa shape index (κ3) is 1.50. The summed E-state index contributed by atoms with van der Waals surface area (Å²) in [6.45, 7) is 1.89. The molecule has 1 atom stereocenters. The maximum absolute atomic E-state index is 12.2. The van der Waals surface area contributed by atoms with Gasteiger partial charge in [0.25, 0.3) is 5.91 Å². The average molecular weight is 266 g/mol. The highest BCUT2D eigenvalue weighted by atomic mass is 35.5. The van der Waals surface area contributed by atoms with Gasteiger partial charge in [0.2, 0.25) is 0 Å². The van der Waals surface area contributed by atoms with E-state index in [4.69, 9.17) is 11.6 Å². The lowest BCUT2D eigenvalue weighted by atomic mass is 9.81. The Bertz CT molecular complexity index is 523. The molecule has 2 N–H and O–H groups in total. The molecular formula is C14H16ClNO2. The van der Waals surface area contributed by atoms with Crippen LogP contribution in [0.1, 0.15) is 36.8 Å². The lowest BCUT2D eigenvalue weighted by Gasteiger charge is -2.27. The molecule has 3 nitrogen and oxygen atoms in total. The molecule has 1 aromatic rings. The summed E-state index contributed by atoms with van der Waals surface area (Å²) in [7, 11) is 0. The van der Waals surface area contributed by atoms with Gasteiger partial charge in [-0.3, -0.25) is 4.79 Å². The summed E-state index contributed by atoms with van der Waals surface area (Å²) < 4.78 is 0. The number of benzene rings is 1. The van der Waals surface area contributed by atoms with E-state index in [0.717, 1.165) is 36.9 Å². The molecule has 1 unspecified atom stereocenters. The van der Waals surface area contributed by atoms with E-state index in [0.29, 0.717) is 10.6 Å². The molecule has 18 heavy (non-hydrogen) atoms. The predicted octanol–water partition coefficient (Wildman–Crippen LogP) is 2.98. The van der Waals surface area contributed by atoms with Crippen molar-refractivity contribution in [1.82, 2.24) is 0 Å². The highest BCUT2D eigenvalue weighted by Gasteiger charge is 2.52. The van der Waals surface area contributed by atoms with Crippen LogP contribution in [0.15, 0.2) is 12.1 Å². The largest absolute Gasteiger partial charge is 0.375 e. The molecule has 1 fully saturated rings. The van der Waals surface area contributed by atoms with Crippen molar-refractivity contribution in [3.63, 3.8) is 0 Å². The molecule has 3 rings (SSSR count). The second kappa shape index (κ2) is 3.97. The second-order valence-electron chi connectivity index (χ2n) is 5.35. The highest BCUT2D eigenvalue weighted by molar-refractivity contribution is 6.31. The fourth-order valence-corrected chi connectivity index (χ4v) is 3.56. The van der Waals surface area contributed by atoms with Crippen LogP contribution in [0.3, 0.4) is 0 Å². The number of aliphatic hydroxyl groups is 1. The van der Waals surface area contributed by atoms with Crippen molar-refractivity contribution < 1.29 is 9.90 Å². The lowest BCUT2D eigenvalue weighted by molar-refractivity contribution is -0.139. The number of nitrogens with one attached hydrogen (secondary N) is 1. The average Bonchev–Trinajstić information content (AvgIpc) is 2.91. The first-order valence-corrected chi connectivity index (χ1v) is 6.75. The van der Waals surface area contributed by atoms with Crippen LogP contribution in [0.5, 0.6) is 0 Å². The first kappa shape index (κ1) is 12.0. The van der Waals surface area contributed by atoms with Crippen LogP contribution in [0.2, 0.25) is 5.02 Å². The van der Waals surface area contributed by atoms with E-state index >= 15 is 0 Å². The van der Waals surface area contributed by atoms with Gasteiger partial charge in [-0.1, -0.05) is 24.4 Å². The molecule has 1 aliphatic heterocycles. The quantitative estimate of drug-likeness (QED) is 0.820. The Morgan fingerprint density at radius 2 is 2.06 bits per heavy atom. The SMILES string of the molecule is Cc1cc(Cl)cc2c1NC(=O)C2(O)C1CCCC1. The van der Waals surface area contributed by atoms with Gasteiger partial charge in [0, 0.05) is 16.5 Å². The van der Waals surface area contributed by atoms with Crippen LogP contribution >= 0.6 is 11.6 Å². The number of hydrogen-bond acceptors (Lipinski definition) is 2. The molecule has 2 aliphatic rings. The Hall–Kier alpha value is -1.06. The van der Waals surface area contributed by atoms with E-state index in [1.165, 1.54) is 0 Å². The lowest BCUT2D eigenvalue weighted by Crippen LogP contribution is -2.40. The first-order valence-electron chi connectivity index (χ1n) is 6.38. The van der Waals surface area contributed by atoms with Gasteiger partial charge in [-0.05, 0) is 37.5 Å². The standard InChI is InChI=1S/C14H16ClNO2/c1-8-6-10(15)7-11-12(8)16-13(17)14(11,18)9-4-2-3-5-9/h6-7,9,18H,2-5H2,1H3,(H,16,17). The Balaban J connectivity index is 2.16.